The van der Waals surface area contributed by atoms with Crippen molar-refractivity contribution in [2.75, 3.05) is 0 Å². The van der Waals surface area contributed by atoms with Crippen LogP contribution < -0.4 is 0 Å². The second-order valence-electron chi connectivity index (χ2n) is 5.61. The van der Waals surface area contributed by atoms with Crippen LogP contribution in [0.15, 0.2) is 54.6 Å². The molecule has 0 bridgehead atoms. The maximum Gasteiger partial charge on any atom is 0.157 e. The summed E-state index contributed by atoms with van der Waals surface area (Å²) in [6, 6.07) is 14.6. The molecule has 2 aromatic heterocycles. The van der Waals surface area contributed by atoms with E-state index in [0.29, 0.717) is 27.7 Å². The molecule has 0 aliphatic heterocycles. The van der Waals surface area contributed by atoms with Crippen LogP contribution in [0.4, 0.5) is 8.78 Å². The number of nitrogens with one attached hydrogen (secondary N) is 1. The highest BCUT2D eigenvalue weighted by Gasteiger charge is 2.17. The van der Waals surface area contributed by atoms with Gasteiger partial charge in [-0.2, -0.15) is 5.10 Å². The fraction of sp³-hybridized carbons (Fsp3) is 0.0526. The molecule has 0 aliphatic rings. The molecule has 0 aliphatic carbocycles. The highest BCUT2D eigenvalue weighted by molar-refractivity contribution is 5.96. The van der Waals surface area contributed by atoms with E-state index in [1.807, 2.05) is 25.1 Å². The Morgan fingerprint density at radius 1 is 0.875 bits per heavy atom. The summed E-state index contributed by atoms with van der Waals surface area (Å²) in [6.45, 7) is 1.89. The molecule has 0 amide bonds. The molecule has 0 fully saturated rings. The quantitative estimate of drug-likeness (QED) is 0.572. The van der Waals surface area contributed by atoms with Gasteiger partial charge in [-0.3, -0.25) is 5.10 Å². The lowest BCUT2D eigenvalue weighted by Gasteiger charge is -2.10. The van der Waals surface area contributed by atoms with Gasteiger partial charge in [0, 0.05) is 22.0 Å². The van der Waals surface area contributed by atoms with Crippen molar-refractivity contribution in [3.8, 4) is 22.6 Å². The van der Waals surface area contributed by atoms with Crippen LogP contribution in [0.25, 0.3) is 33.4 Å². The molecule has 24 heavy (non-hydrogen) atoms. The lowest BCUT2D eigenvalue weighted by Crippen LogP contribution is -1.96. The van der Waals surface area contributed by atoms with Gasteiger partial charge in [0.15, 0.2) is 5.82 Å². The zero-order valence-electron chi connectivity index (χ0n) is 12.8. The van der Waals surface area contributed by atoms with Crippen LogP contribution in [-0.2, 0) is 0 Å². The zero-order chi connectivity index (χ0) is 16.7. The standard InChI is InChI=1S/C19H13F2N3/c1-11-10-16(24-23-11)19-15-5-3-2-4-14(15)17(21)18(22-19)12-6-8-13(20)9-7-12/h2-10H,1H3,(H,23,24). The number of fused-ring (bicyclic) bond motifs is 1. The fourth-order valence-electron chi connectivity index (χ4n) is 2.76. The van der Waals surface area contributed by atoms with Crippen LogP contribution in [-0.4, -0.2) is 15.2 Å². The zero-order valence-corrected chi connectivity index (χ0v) is 12.8. The third-order valence-electron chi connectivity index (χ3n) is 3.92. The predicted molar refractivity (Wildman–Crippen MR) is 89.4 cm³/mol. The van der Waals surface area contributed by atoms with Crippen molar-refractivity contribution < 1.29 is 8.78 Å². The van der Waals surface area contributed by atoms with Crippen LogP contribution in [0.2, 0.25) is 0 Å². The summed E-state index contributed by atoms with van der Waals surface area (Å²) in [5.41, 5.74) is 2.84. The Labute approximate surface area is 137 Å². The largest absolute Gasteiger partial charge is 0.282 e. The van der Waals surface area contributed by atoms with E-state index in [4.69, 9.17) is 0 Å². The lowest BCUT2D eigenvalue weighted by molar-refractivity contribution is 0.626. The molecule has 118 valence electrons. The molecule has 0 saturated carbocycles. The third kappa shape index (κ3) is 2.34. The van der Waals surface area contributed by atoms with Crippen molar-refractivity contribution in [1.82, 2.24) is 15.2 Å². The van der Waals surface area contributed by atoms with Crippen molar-refractivity contribution in [1.29, 1.82) is 0 Å². The number of rotatable bonds is 2. The summed E-state index contributed by atoms with van der Waals surface area (Å²) in [5, 5.41) is 8.27. The number of benzene rings is 2. The first kappa shape index (κ1) is 14.5. The van der Waals surface area contributed by atoms with Crippen molar-refractivity contribution in [2.24, 2.45) is 0 Å². The first-order valence-corrected chi connectivity index (χ1v) is 7.50. The second-order valence-corrected chi connectivity index (χ2v) is 5.61. The molecule has 4 rings (SSSR count). The summed E-state index contributed by atoms with van der Waals surface area (Å²) in [6.07, 6.45) is 0. The maximum absolute atomic E-state index is 15.0. The normalized spacial score (nSPS) is 11.1. The van der Waals surface area contributed by atoms with E-state index in [1.54, 1.807) is 12.1 Å². The van der Waals surface area contributed by atoms with Gasteiger partial charge in [0.25, 0.3) is 0 Å². The van der Waals surface area contributed by atoms with Crippen molar-refractivity contribution in [3.05, 3.63) is 71.9 Å². The molecule has 2 heterocycles. The summed E-state index contributed by atoms with van der Waals surface area (Å²) in [4.78, 5) is 4.50. The molecule has 0 spiro atoms. The smallest absolute Gasteiger partial charge is 0.157 e. The van der Waals surface area contributed by atoms with E-state index in [0.717, 1.165) is 5.69 Å². The first-order valence-electron chi connectivity index (χ1n) is 7.50. The molecule has 4 aromatic rings. The molecule has 3 nitrogen and oxygen atoms in total. The Kier molecular flexibility index (Phi) is 3.34. The number of aryl methyl sites for hydroxylation is 1. The Bertz CT molecular complexity index is 1040. The predicted octanol–water partition coefficient (Wildman–Crippen LogP) is 4.88. The van der Waals surface area contributed by atoms with Crippen molar-refractivity contribution >= 4 is 10.8 Å². The lowest BCUT2D eigenvalue weighted by atomic mass is 10.0. The minimum atomic E-state index is -0.423. The van der Waals surface area contributed by atoms with Crippen LogP contribution in [0, 0.1) is 18.6 Å². The Morgan fingerprint density at radius 2 is 1.58 bits per heavy atom. The molecule has 1 N–H and O–H groups in total. The first-order chi connectivity index (χ1) is 11.6. The fourth-order valence-corrected chi connectivity index (χ4v) is 2.76. The van der Waals surface area contributed by atoms with E-state index >= 15 is 0 Å². The van der Waals surface area contributed by atoms with Gasteiger partial charge in [0.1, 0.15) is 17.2 Å². The van der Waals surface area contributed by atoms with Crippen LogP contribution in [0.3, 0.4) is 0 Å². The molecule has 2 aromatic carbocycles. The maximum atomic E-state index is 15.0. The Hall–Kier alpha value is -3.08. The topological polar surface area (TPSA) is 41.6 Å². The molecule has 0 atom stereocenters. The van der Waals surface area contributed by atoms with Crippen LogP contribution in [0.1, 0.15) is 5.69 Å². The SMILES string of the molecule is Cc1cc(-c2nc(-c3ccc(F)cc3)c(F)c3ccccc23)n[nH]1. The number of aromatic amines is 1. The van der Waals surface area contributed by atoms with Gasteiger partial charge in [-0.15, -0.1) is 0 Å². The molecule has 5 heteroatoms. The molecule has 0 radical (unpaired) electrons. The van der Waals surface area contributed by atoms with Gasteiger partial charge in [0.05, 0.1) is 5.69 Å². The number of pyridine rings is 1. The van der Waals surface area contributed by atoms with Gasteiger partial charge in [0.2, 0.25) is 0 Å². The average Bonchev–Trinajstić information content (AvgIpc) is 3.03. The van der Waals surface area contributed by atoms with Crippen LogP contribution in [0.5, 0.6) is 0 Å². The van der Waals surface area contributed by atoms with E-state index < -0.39 is 5.82 Å². The number of H-pyrrole nitrogens is 1. The van der Waals surface area contributed by atoms with Gasteiger partial charge >= 0.3 is 0 Å². The molecule has 0 saturated heterocycles. The van der Waals surface area contributed by atoms with E-state index in [9.17, 15) is 8.78 Å². The minimum absolute atomic E-state index is 0.185. The number of halogens is 2. The summed E-state index contributed by atoms with van der Waals surface area (Å²) >= 11 is 0. The van der Waals surface area contributed by atoms with Gasteiger partial charge in [-0.1, -0.05) is 24.3 Å². The summed E-state index contributed by atoms with van der Waals surface area (Å²) in [7, 11) is 0. The average molecular weight is 321 g/mol. The summed E-state index contributed by atoms with van der Waals surface area (Å²) < 4.78 is 28.1. The van der Waals surface area contributed by atoms with E-state index in [1.165, 1.54) is 24.3 Å². The Balaban J connectivity index is 2.04. The van der Waals surface area contributed by atoms with Gasteiger partial charge in [-0.05, 0) is 37.3 Å². The second kappa shape index (κ2) is 5.53. The molecular weight excluding hydrogens is 308 g/mol. The number of aromatic nitrogens is 3. The third-order valence-corrected chi connectivity index (χ3v) is 3.92. The van der Waals surface area contributed by atoms with Crippen molar-refractivity contribution in [2.45, 2.75) is 6.92 Å². The van der Waals surface area contributed by atoms with E-state index in [2.05, 4.69) is 15.2 Å². The Morgan fingerprint density at radius 3 is 2.25 bits per heavy atom. The van der Waals surface area contributed by atoms with Gasteiger partial charge < -0.3 is 0 Å². The van der Waals surface area contributed by atoms with Crippen LogP contribution >= 0.6 is 0 Å². The number of hydrogen-bond donors (Lipinski definition) is 1. The highest BCUT2D eigenvalue weighted by atomic mass is 19.1. The molecular formula is C19H13F2N3. The minimum Gasteiger partial charge on any atom is -0.282 e. The highest BCUT2D eigenvalue weighted by Crippen LogP contribution is 2.33. The summed E-state index contributed by atoms with van der Waals surface area (Å²) in [5.74, 6) is -0.795. The number of hydrogen-bond acceptors (Lipinski definition) is 2. The van der Waals surface area contributed by atoms with E-state index in [-0.39, 0.29) is 11.5 Å². The van der Waals surface area contributed by atoms with Crippen molar-refractivity contribution in [3.63, 3.8) is 0 Å². The molecule has 0 unspecified atom stereocenters. The number of nitrogens with zero attached hydrogens (tertiary/aromatic N) is 2. The van der Waals surface area contributed by atoms with Gasteiger partial charge in [-0.25, -0.2) is 13.8 Å². The monoisotopic (exact) mass is 321 g/mol.